The largest absolute Gasteiger partial charge is 0.496 e. The number of benzene rings is 2. The summed E-state index contributed by atoms with van der Waals surface area (Å²) in [5.41, 5.74) is 1.48. The molecule has 28 heteroatoms. The number of ether oxygens (including phenoxy) is 1. The number of amides is 13. The Morgan fingerprint density at radius 1 is 0.552 bits per heavy atom. The topological polar surface area (TPSA) is 337 Å². The molecule has 6 N–H and O–H groups in total. The molecule has 2 aromatic rings. The number of hydrogen-bond donors (Lipinski definition) is 6. The fourth-order valence-corrected chi connectivity index (χ4v) is 13.3. The van der Waals surface area contributed by atoms with E-state index in [0.717, 1.165) is 16.2 Å². The molecule has 0 aliphatic carbocycles. The van der Waals surface area contributed by atoms with E-state index in [9.17, 15) is 29.1 Å². The lowest BCUT2D eigenvalue weighted by Gasteiger charge is -2.37. The van der Waals surface area contributed by atoms with E-state index < -0.39 is 157 Å². The normalized spacial score (nSPS) is 23.6. The number of likely N-dealkylation sites (tertiary alicyclic amines) is 1. The molecule has 4 rings (SSSR count). The van der Waals surface area contributed by atoms with Crippen molar-refractivity contribution in [1.29, 1.82) is 0 Å². The summed E-state index contributed by atoms with van der Waals surface area (Å²) in [6, 6.07) is 1.52. The summed E-state index contributed by atoms with van der Waals surface area (Å²) in [6.45, 7) is 19.1. The third-order valence-corrected chi connectivity index (χ3v) is 19.7. The Bertz CT molecular complexity index is 3290. The lowest BCUT2D eigenvalue weighted by Crippen LogP contribution is -2.61. The molecule has 2 fully saturated rings. The Hall–Kier alpha value is -8.69. The Labute approximate surface area is 622 Å². The molecule has 0 spiro atoms. The van der Waals surface area contributed by atoms with Gasteiger partial charge in [0.1, 0.15) is 60.1 Å². The number of hydrogen-bond acceptors (Lipinski definition) is 15. The molecular formula is C77H123N13O15. The van der Waals surface area contributed by atoms with Crippen molar-refractivity contribution in [3.05, 3.63) is 65.2 Å². The summed E-state index contributed by atoms with van der Waals surface area (Å²) >= 11 is 0. The highest BCUT2D eigenvalue weighted by Gasteiger charge is 2.43. The van der Waals surface area contributed by atoms with Crippen molar-refractivity contribution in [2.75, 3.05) is 89.2 Å². The average Bonchev–Trinajstić information content (AvgIpc) is 0.819. The first kappa shape index (κ1) is 88.7. The van der Waals surface area contributed by atoms with Crippen molar-refractivity contribution in [1.82, 2.24) is 65.8 Å². The zero-order valence-corrected chi connectivity index (χ0v) is 65.9. The van der Waals surface area contributed by atoms with Crippen LogP contribution in [0.4, 0.5) is 0 Å². The Balaban J connectivity index is 1.98. The molecule has 28 nitrogen and oxygen atoms in total. The van der Waals surface area contributed by atoms with Gasteiger partial charge in [-0.05, 0) is 124 Å². The molecule has 2 aliphatic heterocycles. The van der Waals surface area contributed by atoms with Crippen LogP contribution in [-0.4, -0.2) is 271 Å². The molecule has 2 aromatic carbocycles. The molecule has 13 amide bonds. The quantitative estimate of drug-likeness (QED) is 0.104. The van der Waals surface area contributed by atoms with Gasteiger partial charge in [-0.1, -0.05) is 112 Å². The molecule has 2 heterocycles. The first-order chi connectivity index (χ1) is 49.4. The second-order valence-corrected chi connectivity index (χ2v) is 30.1. The van der Waals surface area contributed by atoms with Gasteiger partial charge in [0.05, 0.1) is 38.3 Å². The summed E-state index contributed by atoms with van der Waals surface area (Å²) in [7, 11) is 11.3. The predicted octanol–water partition coefficient (Wildman–Crippen LogP) is 3.78. The van der Waals surface area contributed by atoms with E-state index in [2.05, 4.69) is 26.6 Å². The van der Waals surface area contributed by atoms with E-state index in [-0.39, 0.29) is 92.9 Å². The molecule has 586 valence electrons. The van der Waals surface area contributed by atoms with Crippen LogP contribution in [0.15, 0.2) is 48.5 Å². The fraction of sp³-hybridized carbons (Fsp3) is 0.675. The van der Waals surface area contributed by atoms with Crippen LogP contribution in [0.1, 0.15) is 175 Å². The van der Waals surface area contributed by atoms with Gasteiger partial charge in [-0.25, -0.2) is 0 Å². The third-order valence-electron chi connectivity index (χ3n) is 19.7. The number of aliphatic hydroxyl groups is 1. The first-order valence-corrected chi connectivity index (χ1v) is 37.4. The summed E-state index contributed by atoms with van der Waals surface area (Å²) in [5, 5.41) is 25.4. The van der Waals surface area contributed by atoms with Crippen LogP contribution in [-0.2, 0) is 70.4 Å². The van der Waals surface area contributed by atoms with Crippen molar-refractivity contribution in [2.24, 2.45) is 23.7 Å². The van der Waals surface area contributed by atoms with Gasteiger partial charge in [0.25, 0.3) is 5.91 Å². The minimum atomic E-state index is -1.69. The molecule has 0 saturated carbocycles. The number of aryl methyl sites for hydroxylation is 1. The van der Waals surface area contributed by atoms with E-state index in [1.54, 1.807) is 60.4 Å². The third kappa shape index (κ3) is 25.8. The Morgan fingerprint density at radius 3 is 1.57 bits per heavy atom. The highest BCUT2D eigenvalue weighted by atomic mass is 16.5. The van der Waals surface area contributed by atoms with Crippen LogP contribution in [0.25, 0.3) is 0 Å². The zero-order valence-electron chi connectivity index (χ0n) is 65.9. The van der Waals surface area contributed by atoms with Gasteiger partial charge in [-0.15, -0.1) is 0 Å². The molecule has 2 aliphatic rings. The minimum absolute atomic E-state index is 0.0279. The number of nitrogens with zero attached hydrogens (tertiary/aromatic N) is 8. The lowest BCUT2D eigenvalue weighted by molar-refractivity contribution is -0.151. The average molecular weight is 1470 g/mol. The minimum Gasteiger partial charge on any atom is -0.496 e. The SMILES string of the molecule is CCCCN1CC(=O)N(C)[C@@H](Cc2ccccc2)C(=O)N(C)[C@@H](CC(C)C)C(=O)N[C@@H](CC(C)C)C(=O)N(C)[C@@H](CC(C)C)C(=O)N[C@H](C(=O)N2CCCCC2)CC(=O)N(C)CC(=O)N(C)[C@@H](CC(C)C)C(=O)N[C@H](CCc2ccc(C(=O)NC)c(OC)c2)C(=O)N(C)[C@@H](CC)C(=O)N[C@@H](C(C)O)C1=O. The molecule has 2 saturated heterocycles. The van der Waals surface area contributed by atoms with Crippen LogP contribution in [0, 0.1) is 23.7 Å². The summed E-state index contributed by atoms with van der Waals surface area (Å²) in [5.74, 6) is -9.69. The Morgan fingerprint density at radius 2 is 1.05 bits per heavy atom. The molecule has 0 radical (unpaired) electrons. The maximum absolute atomic E-state index is 15.5. The van der Waals surface area contributed by atoms with Crippen molar-refractivity contribution in [2.45, 2.75) is 227 Å². The van der Waals surface area contributed by atoms with Crippen molar-refractivity contribution < 1.29 is 72.2 Å². The first-order valence-electron chi connectivity index (χ1n) is 37.4. The van der Waals surface area contributed by atoms with Crippen LogP contribution in [0.2, 0.25) is 0 Å². The van der Waals surface area contributed by atoms with E-state index in [4.69, 9.17) is 4.74 Å². The highest BCUT2D eigenvalue weighted by Crippen LogP contribution is 2.25. The number of unbranched alkanes of at least 4 members (excludes halogenated alkanes) is 1. The second-order valence-electron chi connectivity index (χ2n) is 30.1. The molecule has 1 unspecified atom stereocenters. The van der Waals surface area contributed by atoms with E-state index >= 15 is 38.4 Å². The number of carbonyl (C=O) groups excluding carboxylic acids is 13. The van der Waals surface area contributed by atoms with Gasteiger partial charge in [0.15, 0.2) is 0 Å². The molecule has 105 heavy (non-hydrogen) atoms. The van der Waals surface area contributed by atoms with E-state index in [0.29, 0.717) is 49.9 Å². The van der Waals surface area contributed by atoms with Crippen molar-refractivity contribution in [3.63, 3.8) is 0 Å². The van der Waals surface area contributed by atoms with Crippen LogP contribution in [0.3, 0.4) is 0 Å². The van der Waals surface area contributed by atoms with Crippen LogP contribution < -0.4 is 31.3 Å². The van der Waals surface area contributed by atoms with Gasteiger partial charge in [0, 0.05) is 75.4 Å². The van der Waals surface area contributed by atoms with Crippen molar-refractivity contribution in [3.8, 4) is 5.75 Å². The number of rotatable bonds is 21. The number of nitrogens with one attached hydrogen (secondary N) is 5. The Kier molecular flexibility index (Phi) is 35.9. The highest BCUT2D eigenvalue weighted by molar-refractivity contribution is 6.00. The smallest absolute Gasteiger partial charge is 0.254 e. The van der Waals surface area contributed by atoms with E-state index in [1.165, 1.54) is 87.9 Å². The second kappa shape index (κ2) is 42.5. The monoisotopic (exact) mass is 1470 g/mol. The zero-order chi connectivity index (χ0) is 78.9. The fourth-order valence-electron chi connectivity index (χ4n) is 13.3. The standard InChI is InChI=1S/C77H123N13O15/c1-20-22-35-90-46-66(94)85(15)62(42-52-29-25-23-26-30-52)76(103)88(18)61(41-50(9)10)72(99)80-56(38-47(3)4)74(101)87(17)60(40-49(7)8)71(98)81-57(75(102)89-36-27-24-28-37-89)44-64(92)83(13)45-65(93)84(14)59(39-48(5)6)70(97)79-55(34-32-53-31-33-54(68(95)78-12)63(43-53)105-19)73(100)86(16)58(21-2)69(96)82-67(51(11)91)77(90)104/h23,25-26,29-31,33,43,47-51,55-62,67,91H,20-22,24,27-28,32,34-42,44-46H2,1-19H3,(H,78,95)(H,79,97)(H,80,99)(H,81,98)(H,82,96)/t51?,55-,56+,57+,58+,59+,60+,61+,62+,67+/m1/s1. The summed E-state index contributed by atoms with van der Waals surface area (Å²) < 4.78 is 5.57. The number of methoxy groups -OCH3 is 1. The molecule has 0 bridgehead atoms. The van der Waals surface area contributed by atoms with Gasteiger partial charge in [0.2, 0.25) is 70.9 Å². The summed E-state index contributed by atoms with van der Waals surface area (Å²) in [4.78, 5) is 203. The molecule has 0 aromatic heterocycles. The molecular weight excluding hydrogens is 1350 g/mol. The van der Waals surface area contributed by atoms with Gasteiger partial charge < -0.3 is 75.6 Å². The number of likely N-dealkylation sites (N-methyl/N-ethyl adjacent to an activating group) is 6. The number of aliphatic hydroxyl groups excluding tert-OH is 1. The van der Waals surface area contributed by atoms with Gasteiger partial charge in [-0.2, -0.15) is 0 Å². The van der Waals surface area contributed by atoms with Crippen molar-refractivity contribution >= 4 is 76.8 Å². The van der Waals surface area contributed by atoms with Crippen LogP contribution >= 0.6 is 0 Å². The van der Waals surface area contributed by atoms with Gasteiger partial charge in [-0.3, -0.25) is 62.3 Å². The number of piperidine rings is 1. The predicted molar refractivity (Wildman–Crippen MR) is 399 cm³/mol. The van der Waals surface area contributed by atoms with Gasteiger partial charge >= 0.3 is 0 Å². The number of carbonyl (C=O) groups is 13. The molecule has 10 atom stereocenters. The maximum atomic E-state index is 15.5. The van der Waals surface area contributed by atoms with Crippen LogP contribution in [0.5, 0.6) is 5.75 Å². The lowest BCUT2D eigenvalue weighted by atomic mass is 9.96. The maximum Gasteiger partial charge on any atom is 0.254 e. The summed E-state index contributed by atoms with van der Waals surface area (Å²) in [6.07, 6.45) is 1.18. The van der Waals surface area contributed by atoms with E-state index in [1.807, 2.05) is 62.3 Å².